The minimum absolute atomic E-state index is 0.667. The van der Waals surface area contributed by atoms with Gasteiger partial charge in [0.25, 0.3) is 0 Å². The molecule has 1 N–H and O–H groups in total. The van der Waals surface area contributed by atoms with Crippen molar-refractivity contribution in [1.29, 1.82) is 0 Å². The van der Waals surface area contributed by atoms with Crippen molar-refractivity contribution in [1.82, 2.24) is 9.88 Å². The molecule has 1 atom stereocenters. The van der Waals surface area contributed by atoms with Crippen LogP contribution < -0.4 is 5.32 Å². The van der Waals surface area contributed by atoms with Gasteiger partial charge in [-0.2, -0.15) is 0 Å². The highest BCUT2D eigenvalue weighted by molar-refractivity contribution is 5.09. The van der Waals surface area contributed by atoms with Gasteiger partial charge in [-0.3, -0.25) is 0 Å². The number of nitrogens with one attached hydrogen (secondary N) is 1. The van der Waals surface area contributed by atoms with E-state index < -0.39 is 0 Å². The quantitative estimate of drug-likeness (QED) is 0.825. The Morgan fingerprint density at radius 2 is 2.12 bits per heavy atom. The number of nitrogens with zero attached hydrogens (tertiary/aromatic N) is 1. The number of hydrogen-bond acceptors (Lipinski definition) is 1. The van der Waals surface area contributed by atoms with Gasteiger partial charge in [-0.15, -0.1) is 0 Å². The summed E-state index contributed by atoms with van der Waals surface area (Å²) in [4.78, 5) is 0. The van der Waals surface area contributed by atoms with Crippen molar-refractivity contribution >= 4 is 0 Å². The standard InChI is InChI=1S/C14H24N2/c1-12(14-6-4-3-5-7-14)15-10-13-8-9-16(2)11-13/h8-9,11-12,14-15H,3-7,10H2,1-2H3/t12-/m0/s1. The third kappa shape index (κ3) is 3.11. The predicted octanol–water partition coefficient (Wildman–Crippen LogP) is 3.08. The lowest BCUT2D eigenvalue weighted by Crippen LogP contribution is -2.34. The molecule has 1 fully saturated rings. The average molecular weight is 220 g/mol. The first-order valence-electron chi connectivity index (χ1n) is 6.60. The van der Waals surface area contributed by atoms with Gasteiger partial charge in [0.05, 0.1) is 0 Å². The molecule has 0 aliphatic heterocycles. The Hall–Kier alpha value is -0.760. The summed E-state index contributed by atoms with van der Waals surface area (Å²) in [6, 6.07) is 2.86. The minimum Gasteiger partial charge on any atom is -0.357 e. The molecular weight excluding hydrogens is 196 g/mol. The van der Waals surface area contributed by atoms with Crippen LogP contribution in [0.15, 0.2) is 18.5 Å². The van der Waals surface area contributed by atoms with Crippen LogP contribution in [0.4, 0.5) is 0 Å². The van der Waals surface area contributed by atoms with Crippen LogP contribution in [-0.2, 0) is 13.6 Å². The molecule has 16 heavy (non-hydrogen) atoms. The first-order chi connectivity index (χ1) is 7.75. The summed E-state index contributed by atoms with van der Waals surface area (Å²) >= 11 is 0. The Bertz CT molecular complexity index is 310. The van der Waals surface area contributed by atoms with Gasteiger partial charge in [0, 0.05) is 32.0 Å². The number of aryl methyl sites for hydroxylation is 1. The van der Waals surface area contributed by atoms with Crippen molar-refractivity contribution in [2.75, 3.05) is 0 Å². The van der Waals surface area contributed by atoms with Gasteiger partial charge in [-0.05, 0) is 37.3 Å². The van der Waals surface area contributed by atoms with Crippen LogP contribution in [0.3, 0.4) is 0 Å². The number of hydrogen-bond donors (Lipinski definition) is 1. The van der Waals surface area contributed by atoms with Crippen molar-refractivity contribution in [2.24, 2.45) is 13.0 Å². The Morgan fingerprint density at radius 1 is 1.38 bits per heavy atom. The molecule has 1 saturated carbocycles. The Labute approximate surface area is 99.0 Å². The van der Waals surface area contributed by atoms with Crippen LogP contribution in [0.2, 0.25) is 0 Å². The van der Waals surface area contributed by atoms with Gasteiger partial charge in [-0.25, -0.2) is 0 Å². The molecule has 0 bridgehead atoms. The summed E-state index contributed by atoms with van der Waals surface area (Å²) in [6.45, 7) is 3.36. The fourth-order valence-electron chi connectivity index (χ4n) is 2.75. The van der Waals surface area contributed by atoms with E-state index in [2.05, 4.69) is 42.3 Å². The lowest BCUT2D eigenvalue weighted by Gasteiger charge is -2.28. The minimum atomic E-state index is 0.667. The molecule has 90 valence electrons. The maximum absolute atomic E-state index is 3.67. The maximum atomic E-state index is 3.67. The van der Waals surface area contributed by atoms with E-state index in [1.807, 2.05) is 0 Å². The van der Waals surface area contributed by atoms with E-state index in [1.54, 1.807) is 0 Å². The molecule has 2 rings (SSSR count). The highest BCUT2D eigenvalue weighted by Gasteiger charge is 2.19. The SMILES string of the molecule is C[C@H](NCc1ccn(C)c1)C1CCCCC1. The molecule has 2 heteroatoms. The Balaban J connectivity index is 1.76. The zero-order valence-electron chi connectivity index (χ0n) is 10.6. The lowest BCUT2D eigenvalue weighted by atomic mass is 9.84. The summed E-state index contributed by atoms with van der Waals surface area (Å²) in [6.07, 6.45) is 11.5. The Morgan fingerprint density at radius 3 is 2.75 bits per heavy atom. The van der Waals surface area contributed by atoms with E-state index in [-0.39, 0.29) is 0 Å². The fraction of sp³-hybridized carbons (Fsp3) is 0.714. The van der Waals surface area contributed by atoms with Crippen molar-refractivity contribution in [3.8, 4) is 0 Å². The molecule has 1 aromatic heterocycles. The highest BCUT2D eigenvalue weighted by Crippen LogP contribution is 2.26. The first kappa shape index (κ1) is 11.7. The molecule has 2 nitrogen and oxygen atoms in total. The zero-order chi connectivity index (χ0) is 11.4. The molecule has 0 unspecified atom stereocenters. The van der Waals surface area contributed by atoms with Crippen LogP contribution >= 0.6 is 0 Å². The molecule has 0 radical (unpaired) electrons. The molecule has 0 aromatic carbocycles. The molecule has 1 aromatic rings. The second-order valence-electron chi connectivity index (χ2n) is 5.25. The van der Waals surface area contributed by atoms with E-state index in [9.17, 15) is 0 Å². The molecule has 0 spiro atoms. The lowest BCUT2D eigenvalue weighted by molar-refractivity contribution is 0.280. The monoisotopic (exact) mass is 220 g/mol. The van der Waals surface area contributed by atoms with E-state index in [1.165, 1.54) is 37.7 Å². The number of aromatic nitrogens is 1. The summed E-state index contributed by atoms with van der Waals surface area (Å²) in [7, 11) is 2.08. The normalized spacial score (nSPS) is 19.9. The van der Waals surface area contributed by atoms with Crippen molar-refractivity contribution in [3.05, 3.63) is 24.0 Å². The molecular formula is C14H24N2. The van der Waals surface area contributed by atoms with Crippen molar-refractivity contribution < 1.29 is 0 Å². The van der Waals surface area contributed by atoms with Crippen LogP contribution in [0, 0.1) is 5.92 Å². The van der Waals surface area contributed by atoms with Crippen LogP contribution in [0.1, 0.15) is 44.6 Å². The third-order valence-corrected chi connectivity index (χ3v) is 3.88. The molecule has 1 heterocycles. The molecule has 1 aliphatic carbocycles. The summed E-state index contributed by atoms with van der Waals surface area (Å²) in [5, 5.41) is 3.67. The van der Waals surface area contributed by atoms with Crippen LogP contribution in [-0.4, -0.2) is 10.6 Å². The largest absolute Gasteiger partial charge is 0.357 e. The van der Waals surface area contributed by atoms with Crippen LogP contribution in [0.25, 0.3) is 0 Å². The smallest absolute Gasteiger partial charge is 0.0223 e. The summed E-state index contributed by atoms with van der Waals surface area (Å²) < 4.78 is 2.11. The molecule has 0 saturated heterocycles. The third-order valence-electron chi connectivity index (χ3n) is 3.88. The first-order valence-corrected chi connectivity index (χ1v) is 6.60. The van der Waals surface area contributed by atoms with Gasteiger partial charge in [0.2, 0.25) is 0 Å². The van der Waals surface area contributed by atoms with E-state index in [4.69, 9.17) is 0 Å². The molecule has 1 aliphatic rings. The van der Waals surface area contributed by atoms with Crippen molar-refractivity contribution in [3.63, 3.8) is 0 Å². The second kappa shape index (κ2) is 5.53. The van der Waals surface area contributed by atoms with E-state index >= 15 is 0 Å². The van der Waals surface area contributed by atoms with Gasteiger partial charge in [0.15, 0.2) is 0 Å². The van der Waals surface area contributed by atoms with E-state index in [0.717, 1.165) is 12.5 Å². The van der Waals surface area contributed by atoms with Gasteiger partial charge < -0.3 is 9.88 Å². The summed E-state index contributed by atoms with van der Waals surface area (Å²) in [5.74, 6) is 0.900. The second-order valence-corrected chi connectivity index (χ2v) is 5.25. The zero-order valence-corrected chi connectivity index (χ0v) is 10.6. The van der Waals surface area contributed by atoms with Gasteiger partial charge in [0.1, 0.15) is 0 Å². The number of rotatable bonds is 4. The maximum Gasteiger partial charge on any atom is 0.0223 e. The Kier molecular flexibility index (Phi) is 4.05. The van der Waals surface area contributed by atoms with Gasteiger partial charge >= 0.3 is 0 Å². The fourth-order valence-corrected chi connectivity index (χ4v) is 2.75. The van der Waals surface area contributed by atoms with E-state index in [0.29, 0.717) is 6.04 Å². The van der Waals surface area contributed by atoms with Gasteiger partial charge in [-0.1, -0.05) is 19.3 Å². The predicted molar refractivity (Wildman–Crippen MR) is 68.3 cm³/mol. The topological polar surface area (TPSA) is 17.0 Å². The summed E-state index contributed by atoms with van der Waals surface area (Å²) in [5.41, 5.74) is 1.39. The molecule has 0 amide bonds. The average Bonchev–Trinajstić information content (AvgIpc) is 2.73. The van der Waals surface area contributed by atoms with Crippen LogP contribution in [0.5, 0.6) is 0 Å². The highest BCUT2D eigenvalue weighted by atomic mass is 14.9. The van der Waals surface area contributed by atoms with Crippen molar-refractivity contribution in [2.45, 2.75) is 51.6 Å².